The van der Waals surface area contributed by atoms with Gasteiger partial charge in [-0.25, -0.2) is 0 Å². The highest BCUT2D eigenvalue weighted by atomic mass is 35.5. The summed E-state index contributed by atoms with van der Waals surface area (Å²) in [4.78, 5) is 24.7. The summed E-state index contributed by atoms with van der Waals surface area (Å²) < 4.78 is 0. The maximum absolute atomic E-state index is 12.0. The number of likely N-dealkylation sites (tertiary alicyclic amines) is 1. The number of likely N-dealkylation sites (N-methyl/N-ethyl adjacent to an activating group) is 1. The number of rotatable bonds is 3. The van der Waals surface area contributed by atoms with Crippen molar-refractivity contribution in [2.24, 2.45) is 5.73 Å². The van der Waals surface area contributed by atoms with Gasteiger partial charge in [-0.1, -0.05) is 23.8 Å². The molecule has 0 aliphatic carbocycles. The lowest BCUT2D eigenvalue weighted by Crippen LogP contribution is -2.48. The van der Waals surface area contributed by atoms with E-state index in [0.717, 1.165) is 4.90 Å². The Kier molecular flexibility index (Phi) is 4.25. The molecular formula is C13H14ClN3O2S. The number of hydrogen-bond donors (Lipinski definition) is 2. The van der Waals surface area contributed by atoms with Crippen molar-refractivity contribution >= 4 is 46.3 Å². The molecular weight excluding hydrogens is 298 g/mol. The smallest absolute Gasteiger partial charge is 0.251 e. The molecule has 1 aliphatic rings. The molecule has 1 fully saturated rings. The highest BCUT2D eigenvalue weighted by Gasteiger charge is 2.31. The monoisotopic (exact) mass is 311 g/mol. The zero-order valence-corrected chi connectivity index (χ0v) is 12.4. The lowest BCUT2D eigenvalue weighted by Gasteiger charge is -2.28. The fourth-order valence-electron chi connectivity index (χ4n) is 2.06. The van der Waals surface area contributed by atoms with Gasteiger partial charge in [0.05, 0.1) is 5.02 Å². The summed E-state index contributed by atoms with van der Waals surface area (Å²) >= 11 is 10.9. The van der Waals surface area contributed by atoms with E-state index in [9.17, 15) is 9.59 Å². The molecule has 0 bridgehead atoms. The third-order valence-electron chi connectivity index (χ3n) is 3.23. The molecule has 2 amide bonds. The van der Waals surface area contributed by atoms with Gasteiger partial charge >= 0.3 is 0 Å². The minimum absolute atomic E-state index is 0.157. The van der Waals surface area contributed by atoms with Crippen molar-refractivity contribution < 1.29 is 9.59 Å². The molecule has 1 saturated heterocycles. The maximum atomic E-state index is 12.0. The molecule has 5 nitrogen and oxygen atoms in total. The van der Waals surface area contributed by atoms with Crippen LogP contribution in [0.2, 0.25) is 5.02 Å². The summed E-state index contributed by atoms with van der Waals surface area (Å²) in [6, 6.07) is 4.70. The molecule has 106 valence electrons. The van der Waals surface area contributed by atoms with Crippen LogP contribution >= 0.6 is 23.8 Å². The van der Waals surface area contributed by atoms with Crippen molar-refractivity contribution in [2.45, 2.75) is 18.9 Å². The van der Waals surface area contributed by atoms with Crippen molar-refractivity contribution in [1.29, 1.82) is 0 Å². The second kappa shape index (κ2) is 5.76. The molecule has 1 unspecified atom stereocenters. The van der Waals surface area contributed by atoms with E-state index >= 15 is 0 Å². The summed E-state index contributed by atoms with van der Waals surface area (Å²) in [6.45, 7) is 0. The fourth-order valence-corrected chi connectivity index (χ4v) is 2.57. The summed E-state index contributed by atoms with van der Waals surface area (Å²) in [5.74, 6) is -0.397. The average Bonchev–Trinajstić information content (AvgIpc) is 2.39. The van der Waals surface area contributed by atoms with Gasteiger partial charge in [0.1, 0.15) is 11.0 Å². The van der Waals surface area contributed by atoms with Gasteiger partial charge in [-0.3, -0.25) is 14.5 Å². The third-order valence-corrected chi connectivity index (χ3v) is 3.76. The van der Waals surface area contributed by atoms with Crippen molar-refractivity contribution in [2.75, 3.05) is 12.4 Å². The maximum Gasteiger partial charge on any atom is 0.251 e. The molecule has 0 radical (unpaired) electrons. The van der Waals surface area contributed by atoms with E-state index in [1.54, 1.807) is 18.2 Å². The molecule has 0 aromatic heterocycles. The Morgan fingerprint density at radius 3 is 2.80 bits per heavy atom. The Hall–Kier alpha value is -1.66. The summed E-state index contributed by atoms with van der Waals surface area (Å²) in [5.41, 5.74) is 6.82. The van der Waals surface area contributed by atoms with Gasteiger partial charge in [0.25, 0.3) is 5.91 Å². The number of benzene rings is 1. The number of imide groups is 1. The van der Waals surface area contributed by atoms with Crippen LogP contribution in [0.3, 0.4) is 0 Å². The van der Waals surface area contributed by atoms with Gasteiger partial charge in [0.15, 0.2) is 0 Å². The van der Waals surface area contributed by atoms with E-state index < -0.39 is 6.04 Å². The van der Waals surface area contributed by atoms with Crippen LogP contribution in [-0.4, -0.2) is 34.8 Å². The molecule has 1 aliphatic heterocycles. The molecule has 3 N–H and O–H groups in total. The zero-order valence-electron chi connectivity index (χ0n) is 10.9. The Morgan fingerprint density at radius 2 is 2.20 bits per heavy atom. The molecule has 1 heterocycles. The van der Waals surface area contributed by atoms with Crippen LogP contribution in [0.5, 0.6) is 0 Å². The number of carbonyl (C=O) groups is 2. The van der Waals surface area contributed by atoms with E-state index in [2.05, 4.69) is 5.32 Å². The minimum Gasteiger partial charge on any atom is -0.389 e. The number of halogens is 1. The van der Waals surface area contributed by atoms with E-state index in [0.29, 0.717) is 29.1 Å². The second-order valence-corrected chi connectivity index (χ2v) is 5.43. The number of thiocarbonyl (C=S) groups is 1. The molecule has 1 aromatic carbocycles. The SMILES string of the molecule is CN1C(=O)CCC(Nc2ccc(C(N)=S)c(Cl)c2)C1=O. The first kappa shape index (κ1) is 14.7. The number of hydrogen-bond acceptors (Lipinski definition) is 4. The van der Waals surface area contributed by atoms with Crippen LogP contribution in [0.4, 0.5) is 5.69 Å². The molecule has 0 saturated carbocycles. The molecule has 20 heavy (non-hydrogen) atoms. The normalized spacial score (nSPS) is 19.1. The molecule has 2 rings (SSSR count). The number of nitrogens with two attached hydrogens (primary N) is 1. The standard InChI is InChI=1S/C13H14ClN3O2S/c1-17-11(18)5-4-10(13(17)19)16-7-2-3-8(12(15)20)9(14)6-7/h2-3,6,10,16H,4-5H2,1H3,(H2,15,20). The van der Waals surface area contributed by atoms with Gasteiger partial charge < -0.3 is 11.1 Å². The molecule has 7 heteroatoms. The highest BCUT2D eigenvalue weighted by Crippen LogP contribution is 2.23. The summed E-state index contributed by atoms with van der Waals surface area (Å²) in [5, 5.41) is 3.50. The van der Waals surface area contributed by atoms with Crippen LogP contribution in [0.1, 0.15) is 18.4 Å². The van der Waals surface area contributed by atoms with Crippen LogP contribution in [0.15, 0.2) is 18.2 Å². The van der Waals surface area contributed by atoms with E-state index in [1.807, 2.05) is 0 Å². The van der Waals surface area contributed by atoms with Crippen molar-refractivity contribution in [3.8, 4) is 0 Å². The Labute approximate surface area is 127 Å². The lowest BCUT2D eigenvalue weighted by molar-refractivity contribution is -0.146. The van der Waals surface area contributed by atoms with E-state index in [-0.39, 0.29) is 16.8 Å². The number of carbonyl (C=O) groups excluding carboxylic acids is 2. The predicted octanol–water partition coefficient (Wildman–Crippen LogP) is 1.53. The quantitative estimate of drug-likeness (QED) is 0.654. The second-order valence-electron chi connectivity index (χ2n) is 4.59. The molecule has 1 atom stereocenters. The van der Waals surface area contributed by atoms with E-state index in [1.165, 1.54) is 7.05 Å². The molecule has 0 spiro atoms. The first-order valence-electron chi connectivity index (χ1n) is 6.06. The molecule has 1 aromatic rings. The Balaban J connectivity index is 2.14. The van der Waals surface area contributed by atoms with Crippen LogP contribution in [0, 0.1) is 0 Å². The Morgan fingerprint density at radius 1 is 1.50 bits per heavy atom. The number of anilines is 1. The lowest BCUT2D eigenvalue weighted by atomic mass is 10.0. The van der Waals surface area contributed by atoms with Crippen molar-refractivity contribution in [3.05, 3.63) is 28.8 Å². The fraction of sp³-hybridized carbons (Fsp3) is 0.308. The van der Waals surface area contributed by atoms with Crippen LogP contribution in [0.25, 0.3) is 0 Å². The highest BCUT2D eigenvalue weighted by molar-refractivity contribution is 7.80. The van der Waals surface area contributed by atoms with Crippen molar-refractivity contribution in [1.82, 2.24) is 4.90 Å². The third kappa shape index (κ3) is 2.91. The average molecular weight is 312 g/mol. The largest absolute Gasteiger partial charge is 0.389 e. The topological polar surface area (TPSA) is 75.4 Å². The van der Waals surface area contributed by atoms with E-state index in [4.69, 9.17) is 29.6 Å². The first-order valence-corrected chi connectivity index (χ1v) is 6.85. The van der Waals surface area contributed by atoms with Gasteiger partial charge in [-0.2, -0.15) is 0 Å². The predicted molar refractivity (Wildman–Crippen MR) is 81.8 cm³/mol. The van der Waals surface area contributed by atoms with Crippen molar-refractivity contribution in [3.63, 3.8) is 0 Å². The first-order chi connectivity index (χ1) is 9.40. The number of nitrogens with zero attached hydrogens (tertiary/aromatic N) is 1. The number of nitrogens with one attached hydrogen (secondary N) is 1. The van der Waals surface area contributed by atoms with Gasteiger partial charge in [-0.15, -0.1) is 0 Å². The summed E-state index contributed by atoms with van der Waals surface area (Å²) in [7, 11) is 1.49. The Bertz CT molecular complexity index is 591. The van der Waals surface area contributed by atoms with Crippen LogP contribution < -0.4 is 11.1 Å². The number of piperidine rings is 1. The van der Waals surface area contributed by atoms with Gasteiger partial charge in [-0.05, 0) is 24.6 Å². The van der Waals surface area contributed by atoms with Crippen LogP contribution in [-0.2, 0) is 9.59 Å². The zero-order chi connectivity index (χ0) is 14.9. The summed E-state index contributed by atoms with van der Waals surface area (Å²) in [6.07, 6.45) is 0.815. The number of amides is 2. The minimum atomic E-state index is -0.426. The van der Waals surface area contributed by atoms with Gasteiger partial charge in [0.2, 0.25) is 5.91 Å². The van der Waals surface area contributed by atoms with Gasteiger partial charge in [0, 0.05) is 24.7 Å².